The van der Waals surface area contributed by atoms with E-state index < -0.39 is 12.1 Å². The summed E-state index contributed by atoms with van der Waals surface area (Å²) in [4.78, 5) is 10.2. The average Bonchev–Trinajstić information content (AvgIpc) is 2.03. The Labute approximate surface area is 73.6 Å². The second-order valence-electron chi connectivity index (χ2n) is 2.26. The summed E-state index contributed by atoms with van der Waals surface area (Å²) in [5.74, 6) is -1.50. The summed E-state index contributed by atoms with van der Waals surface area (Å²) in [5, 5.41) is 8.64. The lowest BCUT2D eigenvalue weighted by molar-refractivity contribution is -0.143. The van der Waals surface area contributed by atoms with Gasteiger partial charge in [0.1, 0.15) is 0 Å². The molecule has 0 aliphatic carbocycles. The van der Waals surface area contributed by atoms with Crippen LogP contribution in [0.5, 0.6) is 0 Å². The van der Waals surface area contributed by atoms with Crippen molar-refractivity contribution in [2.45, 2.75) is 6.17 Å². The number of carboxylic acids is 1. The van der Waals surface area contributed by atoms with Gasteiger partial charge in [0.25, 0.3) is 0 Å². The molecule has 0 fully saturated rings. The van der Waals surface area contributed by atoms with E-state index in [-0.39, 0.29) is 5.56 Å². The second kappa shape index (κ2) is 3.54. The van der Waals surface area contributed by atoms with E-state index in [9.17, 15) is 9.18 Å². The third-order valence-electron chi connectivity index (χ3n) is 1.36. The number of benzene rings is 1. The fourth-order valence-corrected chi connectivity index (χ4v) is 1.01. The van der Waals surface area contributed by atoms with Crippen molar-refractivity contribution in [1.82, 2.24) is 0 Å². The van der Waals surface area contributed by atoms with E-state index in [1.807, 2.05) is 0 Å². The molecule has 0 spiro atoms. The maximum Gasteiger partial charge on any atom is 0.343 e. The predicted molar refractivity (Wildman–Crippen MR) is 42.9 cm³/mol. The molecule has 0 amide bonds. The van der Waals surface area contributed by atoms with Gasteiger partial charge in [-0.1, -0.05) is 23.7 Å². The molecule has 0 bridgehead atoms. The third kappa shape index (κ3) is 1.95. The van der Waals surface area contributed by atoms with Gasteiger partial charge in [0.05, 0.1) is 0 Å². The van der Waals surface area contributed by atoms with Gasteiger partial charge >= 0.3 is 5.97 Å². The van der Waals surface area contributed by atoms with E-state index in [0.29, 0.717) is 5.02 Å². The lowest BCUT2D eigenvalue weighted by Crippen LogP contribution is -2.05. The van der Waals surface area contributed by atoms with Gasteiger partial charge < -0.3 is 5.11 Å². The van der Waals surface area contributed by atoms with Crippen LogP contribution in [0.2, 0.25) is 5.02 Å². The van der Waals surface area contributed by atoms with Crippen molar-refractivity contribution >= 4 is 17.6 Å². The van der Waals surface area contributed by atoms with Gasteiger partial charge in [-0.3, -0.25) is 0 Å². The van der Waals surface area contributed by atoms with Gasteiger partial charge in [-0.15, -0.1) is 0 Å². The Balaban J connectivity index is 2.95. The van der Waals surface area contributed by atoms with Crippen molar-refractivity contribution in [3.05, 3.63) is 34.9 Å². The van der Waals surface area contributed by atoms with Crippen molar-refractivity contribution < 1.29 is 14.3 Å². The molecule has 1 N–H and O–H groups in total. The molecule has 1 aromatic rings. The molecule has 4 heteroatoms. The van der Waals surface area contributed by atoms with Gasteiger partial charge in [0, 0.05) is 5.02 Å². The molecule has 0 aliphatic heterocycles. The van der Waals surface area contributed by atoms with Crippen LogP contribution in [0.15, 0.2) is 24.3 Å². The average molecular weight is 189 g/mol. The fourth-order valence-electron chi connectivity index (χ4n) is 0.807. The van der Waals surface area contributed by atoms with E-state index in [1.165, 1.54) is 18.2 Å². The van der Waals surface area contributed by atoms with Crippen molar-refractivity contribution in [3.63, 3.8) is 0 Å². The van der Waals surface area contributed by atoms with Crippen LogP contribution in [-0.2, 0) is 4.79 Å². The van der Waals surface area contributed by atoms with Crippen LogP contribution in [0.25, 0.3) is 0 Å². The molecule has 1 rings (SSSR count). The fraction of sp³-hybridized carbons (Fsp3) is 0.125. The summed E-state index contributed by atoms with van der Waals surface area (Å²) in [6, 6.07) is 5.73. The van der Waals surface area contributed by atoms with Crippen molar-refractivity contribution in [2.24, 2.45) is 0 Å². The molecular weight excluding hydrogens is 183 g/mol. The van der Waals surface area contributed by atoms with E-state index in [0.717, 1.165) is 0 Å². The van der Waals surface area contributed by atoms with Crippen LogP contribution in [0.3, 0.4) is 0 Å². The first-order valence-electron chi connectivity index (χ1n) is 3.23. The SMILES string of the molecule is O=C(O)C(F)c1cccc(Cl)c1. The number of aliphatic carboxylic acids is 1. The quantitative estimate of drug-likeness (QED) is 0.774. The van der Waals surface area contributed by atoms with Crippen LogP contribution in [0.4, 0.5) is 4.39 Å². The Hall–Kier alpha value is -1.09. The largest absolute Gasteiger partial charge is 0.479 e. The van der Waals surface area contributed by atoms with Crippen molar-refractivity contribution in [1.29, 1.82) is 0 Å². The molecular formula is C8H6ClFO2. The van der Waals surface area contributed by atoms with Gasteiger partial charge in [-0.25, -0.2) is 9.18 Å². The number of carbonyl (C=O) groups is 1. The zero-order chi connectivity index (χ0) is 9.14. The van der Waals surface area contributed by atoms with Crippen LogP contribution in [0, 0.1) is 0 Å². The summed E-state index contributed by atoms with van der Waals surface area (Å²) in [6.45, 7) is 0. The molecule has 0 aromatic heterocycles. The smallest absolute Gasteiger partial charge is 0.343 e. The molecule has 1 aromatic carbocycles. The minimum Gasteiger partial charge on any atom is -0.479 e. The molecule has 0 saturated heterocycles. The van der Waals surface area contributed by atoms with Gasteiger partial charge in [-0.05, 0) is 17.7 Å². The minimum absolute atomic E-state index is 0.0648. The first-order chi connectivity index (χ1) is 5.61. The van der Waals surface area contributed by atoms with Gasteiger partial charge in [0.2, 0.25) is 6.17 Å². The predicted octanol–water partition coefficient (Wildman–Crippen LogP) is 2.44. The van der Waals surface area contributed by atoms with Crippen LogP contribution in [0.1, 0.15) is 11.7 Å². The van der Waals surface area contributed by atoms with Crippen LogP contribution < -0.4 is 0 Å². The van der Waals surface area contributed by atoms with E-state index in [2.05, 4.69) is 0 Å². The van der Waals surface area contributed by atoms with Crippen molar-refractivity contribution in [2.75, 3.05) is 0 Å². The lowest BCUT2D eigenvalue weighted by atomic mass is 10.1. The molecule has 12 heavy (non-hydrogen) atoms. The van der Waals surface area contributed by atoms with E-state index >= 15 is 0 Å². The normalized spacial score (nSPS) is 12.5. The highest BCUT2D eigenvalue weighted by atomic mass is 35.5. The molecule has 0 saturated carbocycles. The Bertz CT molecular complexity index is 301. The summed E-state index contributed by atoms with van der Waals surface area (Å²) in [6.07, 6.45) is -2.00. The lowest BCUT2D eigenvalue weighted by Gasteiger charge is -2.02. The maximum atomic E-state index is 12.8. The summed E-state index contributed by atoms with van der Waals surface area (Å²) in [5.41, 5.74) is 0.0648. The summed E-state index contributed by atoms with van der Waals surface area (Å²) in [7, 11) is 0. The molecule has 1 atom stereocenters. The highest BCUT2D eigenvalue weighted by Gasteiger charge is 2.17. The highest BCUT2D eigenvalue weighted by molar-refractivity contribution is 6.30. The maximum absolute atomic E-state index is 12.8. The molecule has 2 nitrogen and oxygen atoms in total. The first-order valence-corrected chi connectivity index (χ1v) is 3.61. The first kappa shape index (κ1) is 9.00. The van der Waals surface area contributed by atoms with E-state index in [1.54, 1.807) is 6.07 Å². The molecule has 64 valence electrons. The minimum atomic E-state index is -2.00. The van der Waals surface area contributed by atoms with E-state index in [4.69, 9.17) is 16.7 Å². The van der Waals surface area contributed by atoms with Crippen molar-refractivity contribution in [3.8, 4) is 0 Å². The number of alkyl halides is 1. The number of hydrogen-bond acceptors (Lipinski definition) is 1. The standard InChI is InChI=1S/C8H6ClFO2/c9-6-3-1-2-5(4-6)7(10)8(11)12/h1-4,7H,(H,11,12). The van der Waals surface area contributed by atoms with Gasteiger partial charge in [0.15, 0.2) is 0 Å². The highest BCUT2D eigenvalue weighted by Crippen LogP contribution is 2.20. The number of rotatable bonds is 2. The number of carboxylic acid groups (broad SMARTS) is 1. The van der Waals surface area contributed by atoms with Gasteiger partial charge in [-0.2, -0.15) is 0 Å². The topological polar surface area (TPSA) is 37.3 Å². The third-order valence-corrected chi connectivity index (χ3v) is 1.59. The van der Waals surface area contributed by atoms with Crippen LogP contribution in [-0.4, -0.2) is 11.1 Å². The summed E-state index contributed by atoms with van der Waals surface area (Å²) >= 11 is 5.53. The van der Waals surface area contributed by atoms with Crippen LogP contribution >= 0.6 is 11.6 Å². The Kier molecular flexibility index (Phi) is 2.65. The molecule has 0 radical (unpaired) electrons. The second-order valence-corrected chi connectivity index (χ2v) is 2.69. The summed E-state index contributed by atoms with van der Waals surface area (Å²) < 4.78 is 12.8. The molecule has 0 aliphatic rings. The molecule has 1 unspecified atom stereocenters. The number of halogens is 2. The zero-order valence-electron chi connectivity index (χ0n) is 6.00. The Morgan fingerprint density at radius 3 is 2.75 bits per heavy atom. The Morgan fingerprint density at radius 2 is 2.25 bits per heavy atom. The zero-order valence-corrected chi connectivity index (χ0v) is 6.75. The monoisotopic (exact) mass is 188 g/mol. The number of hydrogen-bond donors (Lipinski definition) is 1. The Morgan fingerprint density at radius 1 is 1.58 bits per heavy atom. The molecule has 0 heterocycles.